The molecule has 2 saturated carbocycles. The van der Waals surface area contributed by atoms with Crippen molar-refractivity contribution in [1.29, 1.82) is 0 Å². The predicted molar refractivity (Wildman–Crippen MR) is 58.1 cm³/mol. The highest BCUT2D eigenvalue weighted by atomic mass is 14.7. The lowest BCUT2D eigenvalue weighted by Crippen LogP contribution is -2.38. The van der Waals surface area contributed by atoms with Gasteiger partial charge < -0.3 is 11.5 Å². The minimum Gasteiger partial charge on any atom is -0.332 e. The summed E-state index contributed by atoms with van der Waals surface area (Å²) in [7, 11) is 2.21. The Morgan fingerprint density at radius 3 is 2.54 bits per heavy atom. The molecule has 2 aliphatic rings. The Morgan fingerprint density at radius 2 is 2.08 bits per heavy atom. The molecule has 13 heavy (non-hydrogen) atoms. The van der Waals surface area contributed by atoms with Crippen LogP contribution in [-0.2, 0) is 0 Å². The van der Waals surface area contributed by atoms with Crippen molar-refractivity contribution < 1.29 is 0 Å². The molecule has 1 spiro atoms. The van der Waals surface area contributed by atoms with Gasteiger partial charge in [0.2, 0.25) is 0 Å². The molecule has 0 saturated heterocycles. The van der Waals surface area contributed by atoms with Crippen molar-refractivity contribution in [3.05, 3.63) is 0 Å². The Labute approximate surface area is 81.8 Å². The zero-order valence-corrected chi connectivity index (χ0v) is 8.68. The van der Waals surface area contributed by atoms with E-state index in [9.17, 15) is 0 Å². The Hall–Kier alpha value is -0.0151. The van der Waals surface area contributed by atoms with E-state index in [-0.39, 0.29) is 5.44 Å². The fourth-order valence-corrected chi connectivity index (χ4v) is 3.50. The van der Waals surface area contributed by atoms with Crippen molar-refractivity contribution in [3.63, 3.8) is 0 Å². The normalized spacial score (nSPS) is 50.5. The molecule has 0 aromatic heterocycles. The van der Waals surface area contributed by atoms with Crippen LogP contribution in [0.1, 0.15) is 38.5 Å². The van der Waals surface area contributed by atoms with Gasteiger partial charge >= 0.3 is 0 Å². The summed E-state index contributed by atoms with van der Waals surface area (Å²) in [6.45, 7) is 0.878. The van der Waals surface area contributed by atoms with Crippen molar-refractivity contribution in [1.82, 2.24) is 0 Å². The average Bonchev–Trinajstić information content (AvgIpc) is 2.57. The van der Waals surface area contributed by atoms with Crippen LogP contribution in [0, 0.1) is 11.3 Å². The first-order valence-electron chi connectivity index (χ1n) is 5.54. The van der Waals surface area contributed by atoms with Gasteiger partial charge in [-0.25, -0.2) is 0 Å². The zero-order chi connectivity index (χ0) is 9.53. The van der Waals surface area contributed by atoms with E-state index in [0.29, 0.717) is 5.41 Å². The van der Waals surface area contributed by atoms with Crippen LogP contribution in [0.2, 0.25) is 0 Å². The maximum absolute atomic E-state index is 6.19. The van der Waals surface area contributed by atoms with Crippen molar-refractivity contribution in [3.8, 4) is 0 Å². The van der Waals surface area contributed by atoms with Crippen LogP contribution in [0.15, 0.2) is 0 Å². The second kappa shape index (κ2) is 2.99. The van der Waals surface area contributed by atoms with Gasteiger partial charge in [-0.2, -0.15) is 0 Å². The summed E-state index contributed by atoms with van der Waals surface area (Å²) in [6, 6.07) is 0. The molecule has 0 aromatic rings. The van der Waals surface area contributed by atoms with Gasteiger partial charge in [0.15, 0.2) is 0 Å². The third-order valence-electron chi connectivity index (χ3n) is 4.14. The first kappa shape index (κ1) is 9.54. The van der Waals surface area contributed by atoms with Gasteiger partial charge in [0.25, 0.3) is 0 Å². The van der Waals surface area contributed by atoms with Crippen LogP contribution in [0.5, 0.6) is 0 Å². The van der Waals surface area contributed by atoms with Crippen LogP contribution in [0.4, 0.5) is 0 Å². The largest absolute Gasteiger partial charge is 0.332 e. The molecular weight excluding hydrogens is 159 g/mol. The van der Waals surface area contributed by atoms with E-state index < -0.39 is 0 Å². The fourth-order valence-electron chi connectivity index (χ4n) is 3.50. The number of nitrogens with two attached hydrogens (primary N) is 2. The molecule has 2 aliphatic carbocycles. The average molecular weight is 180 g/mol. The molecule has 3 heteroatoms. The fraction of sp³-hybridized carbons (Fsp3) is 1.00. The highest BCUT2D eigenvalue weighted by molar-refractivity contribution is 6.15. The number of rotatable bonds is 1. The summed E-state index contributed by atoms with van der Waals surface area (Å²) < 4.78 is 0. The SMILES string of the molecule is BC1(N)CCC2(CCC(CN)C2)C1. The molecule has 3 unspecified atom stereocenters. The Kier molecular flexibility index (Phi) is 2.19. The summed E-state index contributed by atoms with van der Waals surface area (Å²) in [5, 5.41) is 0. The maximum Gasteiger partial charge on any atom is 0.127 e. The zero-order valence-electron chi connectivity index (χ0n) is 8.68. The van der Waals surface area contributed by atoms with E-state index in [1.807, 2.05) is 0 Å². The molecule has 3 atom stereocenters. The van der Waals surface area contributed by atoms with Gasteiger partial charge in [-0.05, 0) is 61.8 Å². The monoisotopic (exact) mass is 180 g/mol. The van der Waals surface area contributed by atoms with Crippen LogP contribution in [0.25, 0.3) is 0 Å². The van der Waals surface area contributed by atoms with Gasteiger partial charge in [0, 0.05) is 0 Å². The summed E-state index contributed by atoms with van der Waals surface area (Å²) in [5.74, 6) is 0.786. The Bertz CT molecular complexity index is 205. The first-order valence-corrected chi connectivity index (χ1v) is 5.54. The molecule has 0 heterocycles. The quantitative estimate of drug-likeness (QED) is 0.566. The molecule has 4 N–H and O–H groups in total. The minimum absolute atomic E-state index is 0.115. The summed E-state index contributed by atoms with van der Waals surface area (Å²) in [6.07, 6.45) is 7.85. The summed E-state index contributed by atoms with van der Waals surface area (Å²) in [4.78, 5) is 0. The third kappa shape index (κ3) is 1.77. The molecule has 2 rings (SSSR count). The molecule has 2 nitrogen and oxygen atoms in total. The van der Waals surface area contributed by atoms with Gasteiger partial charge in [-0.1, -0.05) is 0 Å². The molecule has 0 aliphatic heterocycles. The maximum atomic E-state index is 6.19. The van der Waals surface area contributed by atoms with Crippen molar-refractivity contribution >= 4 is 7.85 Å². The third-order valence-corrected chi connectivity index (χ3v) is 4.14. The smallest absolute Gasteiger partial charge is 0.127 e. The van der Waals surface area contributed by atoms with E-state index in [1.54, 1.807) is 0 Å². The molecule has 0 radical (unpaired) electrons. The standard InChI is InChI=1S/C10H21BN2/c11-10(13)4-3-9(7-10)2-1-8(5-9)6-12/h8H,1-7,11-13H2. The first-order chi connectivity index (χ1) is 6.05. The molecule has 0 aromatic carbocycles. The molecule has 0 bridgehead atoms. The van der Waals surface area contributed by atoms with Gasteiger partial charge in [0.1, 0.15) is 7.85 Å². The lowest BCUT2D eigenvalue weighted by atomic mass is 9.73. The number of hydrogen-bond donors (Lipinski definition) is 2. The van der Waals surface area contributed by atoms with Crippen molar-refractivity contribution in [2.45, 2.75) is 44.0 Å². The van der Waals surface area contributed by atoms with Crippen LogP contribution in [0.3, 0.4) is 0 Å². The van der Waals surface area contributed by atoms with Crippen LogP contribution in [-0.4, -0.2) is 19.8 Å². The molecule has 2 fully saturated rings. The second-order valence-electron chi connectivity index (χ2n) is 5.68. The molecular formula is C10H21BN2. The molecule has 0 amide bonds. The van der Waals surface area contributed by atoms with E-state index in [2.05, 4.69) is 7.85 Å². The summed E-state index contributed by atoms with van der Waals surface area (Å²) >= 11 is 0. The molecule has 74 valence electrons. The Morgan fingerprint density at radius 1 is 1.31 bits per heavy atom. The summed E-state index contributed by atoms with van der Waals surface area (Å²) in [5.41, 5.74) is 12.6. The predicted octanol–water partition coefficient (Wildman–Crippen LogP) is 0.204. The van der Waals surface area contributed by atoms with Crippen LogP contribution >= 0.6 is 0 Å². The lowest BCUT2D eigenvalue weighted by molar-refractivity contribution is 0.287. The Balaban J connectivity index is 2.01. The van der Waals surface area contributed by atoms with Gasteiger partial charge in [0.05, 0.1) is 0 Å². The van der Waals surface area contributed by atoms with E-state index in [4.69, 9.17) is 11.5 Å². The van der Waals surface area contributed by atoms with Crippen molar-refractivity contribution in [2.75, 3.05) is 6.54 Å². The van der Waals surface area contributed by atoms with Crippen molar-refractivity contribution in [2.24, 2.45) is 22.8 Å². The van der Waals surface area contributed by atoms with Gasteiger partial charge in [-0.3, -0.25) is 0 Å². The number of hydrogen-bond acceptors (Lipinski definition) is 2. The highest BCUT2D eigenvalue weighted by Crippen LogP contribution is 2.54. The minimum atomic E-state index is 0.115. The lowest BCUT2D eigenvalue weighted by Gasteiger charge is -2.26. The topological polar surface area (TPSA) is 52.0 Å². The van der Waals surface area contributed by atoms with E-state index in [1.165, 1.54) is 38.5 Å². The second-order valence-corrected chi connectivity index (χ2v) is 5.68. The van der Waals surface area contributed by atoms with E-state index in [0.717, 1.165) is 12.5 Å². The highest BCUT2D eigenvalue weighted by Gasteiger charge is 2.47. The van der Waals surface area contributed by atoms with Gasteiger partial charge in [-0.15, -0.1) is 0 Å². The van der Waals surface area contributed by atoms with E-state index >= 15 is 0 Å². The van der Waals surface area contributed by atoms with Crippen LogP contribution < -0.4 is 11.5 Å².